The van der Waals surface area contributed by atoms with Gasteiger partial charge in [0.05, 0.1) is 12.8 Å². The summed E-state index contributed by atoms with van der Waals surface area (Å²) in [6.07, 6.45) is 2.90. The van der Waals surface area contributed by atoms with Gasteiger partial charge in [0.2, 0.25) is 11.8 Å². The number of carbonyl (C=O) groups excluding carboxylic acids is 2. The molecule has 0 saturated carbocycles. The molecule has 0 aliphatic heterocycles. The number of hydrogen-bond acceptors (Lipinski definition) is 3. The van der Waals surface area contributed by atoms with Crippen LogP contribution in [0.3, 0.4) is 0 Å². The van der Waals surface area contributed by atoms with E-state index in [1.54, 1.807) is 36.4 Å². The number of benzene rings is 2. The maximum absolute atomic E-state index is 12.8. The molecule has 2 aromatic rings. The Kier molecular flexibility index (Phi) is 5.68. The minimum Gasteiger partial charge on any atom is -0.495 e. The van der Waals surface area contributed by atoms with Crippen molar-refractivity contribution in [1.82, 2.24) is 0 Å². The lowest BCUT2D eigenvalue weighted by Gasteiger charge is -2.11. The van der Waals surface area contributed by atoms with Crippen LogP contribution in [0.4, 0.5) is 15.8 Å². The van der Waals surface area contributed by atoms with E-state index in [1.807, 2.05) is 0 Å². The quantitative estimate of drug-likeness (QED) is 0.826. The van der Waals surface area contributed by atoms with Crippen molar-refractivity contribution in [3.63, 3.8) is 0 Å². The summed E-state index contributed by atoms with van der Waals surface area (Å²) in [5, 5.41) is 5.31. The number of carbonyl (C=O) groups is 2. The topological polar surface area (TPSA) is 67.4 Å². The first-order valence-corrected chi connectivity index (χ1v) is 7.18. The maximum Gasteiger partial charge on any atom is 0.248 e. The highest BCUT2D eigenvalue weighted by Gasteiger charge is 2.07. The van der Waals surface area contributed by atoms with Gasteiger partial charge in [-0.25, -0.2) is 4.39 Å². The predicted molar refractivity (Wildman–Crippen MR) is 91.4 cm³/mol. The van der Waals surface area contributed by atoms with Gasteiger partial charge in [0.25, 0.3) is 0 Å². The fourth-order valence-electron chi connectivity index (χ4n) is 2.01. The lowest BCUT2D eigenvalue weighted by atomic mass is 10.2. The molecule has 0 atom stereocenters. The molecular formula is C18H17FN2O3. The normalized spacial score (nSPS) is 10.5. The van der Waals surface area contributed by atoms with Crippen molar-refractivity contribution in [2.45, 2.75) is 6.92 Å². The number of amides is 2. The molecule has 0 fully saturated rings. The van der Waals surface area contributed by atoms with Crippen molar-refractivity contribution < 1.29 is 18.7 Å². The summed E-state index contributed by atoms with van der Waals surface area (Å²) in [5.74, 6) is -0.463. The summed E-state index contributed by atoms with van der Waals surface area (Å²) >= 11 is 0. The van der Waals surface area contributed by atoms with E-state index in [9.17, 15) is 14.0 Å². The van der Waals surface area contributed by atoms with Gasteiger partial charge in [0, 0.05) is 18.7 Å². The summed E-state index contributed by atoms with van der Waals surface area (Å²) in [6.45, 7) is 1.40. The fourth-order valence-corrected chi connectivity index (χ4v) is 2.01. The molecule has 0 aliphatic carbocycles. The molecule has 6 heteroatoms. The zero-order valence-electron chi connectivity index (χ0n) is 13.3. The van der Waals surface area contributed by atoms with E-state index < -0.39 is 0 Å². The van der Waals surface area contributed by atoms with E-state index >= 15 is 0 Å². The van der Waals surface area contributed by atoms with Crippen LogP contribution < -0.4 is 15.4 Å². The summed E-state index contributed by atoms with van der Waals surface area (Å²) in [5.41, 5.74) is 1.67. The first kappa shape index (κ1) is 17.2. The fraction of sp³-hybridized carbons (Fsp3) is 0.111. The van der Waals surface area contributed by atoms with E-state index in [0.29, 0.717) is 22.7 Å². The third-order valence-corrected chi connectivity index (χ3v) is 3.07. The molecule has 124 valence electrons. The van der Waals surface area contributed by atoms with Crippen molar-refractivity contribution in [3.05, 3.63) is 59.9 Å². The molecule has 0 spiro atoms. The second kappa shape index (κ2) is 7.92. The molecule has 5 nitrogen and oxygen atoms in total. The van der Waals surface area contributed by atoms with Crippen LogP contribution >= 0.6 is 0 Å². The summed E-state index contributed by atoms with van der Waals surface area (Å²) in [7, 11) is 1.48. The van der Waals surface area contributed by atoms with Crippen LogP contribution in [0.1, 0.15) is 12.5 Å². The Labute approximate surface area is 139 Å². The van der Waals surface area contributed by atoms with E-state index in [-0.39, 0.29) is 17.6 Å². The number of methoxy groups -OCH3 is 1. The standard InChI is InChI=1S/C18H17FN2O3/c1-12(22)20-15-8-9-17(24-2)16(11-15)21-18(23)10-5-13-3-6-14(19)7-4-13/h3-11H,1-2H3,(H,20,22)(H,21,23). The van der Waals surface area contributed by atoms with Gasteiger partial charge < -0.3 is 15.4 Å². The number of anilines is 2. The number of hydrogen-bond donors (Lipinski definition) is 2. The van der Waals surface area contributed by atoms with Crippen LogP contribution in [0.15, 0.2) is 48.5 Å². The molecular weight excluding hydrogens is 311 g/mol. The highest BCUT2D eigenvalue weighted by molar-refractivity contribution is 6.03. The SMILES string of the molecule is COc1ccc(NC(C)=O)cc1NC(=O)C=Cc1ccc(F)cc1. The zero-order valence-corrected chi connectivity index (χ0v) is 13.3. The van der Waals surface area contributed by atoms with Crippen molar-refractivity contribution in [3.8, 4) is 5.75 Å². The van der Waals surface area contributed by atoms with Crippen LogP contribution in [-0.2, 0) is 9.59 Å². The van der Waals surface area contributed by atoms with Gasteiger partial charge in [-0.1, -0.05) is 12.1 Å². The second-order valence-electron chi connectivity index (χ2n) is 4.97. The average molecular weight is 328 g/mol. The molecule has 2 aromatic carbocycles. The van der Waals surface area contributed by atoms with Crippen LogP contribution in [0.2, 0.25) is 0 Å². The Balaban J connectivity index is 2.12. The molecule has 0 heterocycles. The summed E-state index contributed by atoms with van der Waals surface area (Å²) in [6, 6.07) is 10.7. The van der Waals surface area contributed by atoms with Gasteiger partial charge >= 0.3 is 0 Å². The minimum absolute atomic E-state index is 0.214. The van der Waals surface area contributed by atoms with Gasteiger partial charge in [0.1, 0.15) is 11.6 Å². The van der Waals surface area contributed by atoms with Crippen molar-refractivity contribution in [1.29, 1.82) is 0 Å². The van der Waals surface area contributed by atoms with E-state index in [1.165, 1.54) is 32.2 Å². The number of nitrogens with one attached hydrogen (secondary N) is 2. The summed E-state index contributed by atoms with van der Waals surface area (Å²) < 4.78 is 18.0. The summed E-state index contributed by atoms with van der Waals surface area (Å²) in [4.78, 5) is 23.2. The Morgan fingerprint density at radius 2 is 1.79 bits per heavy atom. The molecule has 2 amide bonds. The van der Waals surface area contributed by atoms with Gasteiger partial charge in [-0.05, 0) is 42.0 Å². The van der Waals surface area contributed by atoms with Crippen LogP contribution in [-0.4, -0.2) is 18.9 Å². The Hall–Kier alpha value is -3.15. The third kappa shape index (κ3) is 4.95. The third-order valence-electron chi connectivity index (χ3n) is 3.07. The average Bonchev–Trinajstić information content (AvgIpc) is 2.54. The minimum atomic E-state index is -0.377. The monoisotopic (exact) mass is 328 g/mol. The van der Waals surface area contributed by atoms with E-state index in [4.69, 9.17) is 4.74 Å². The predicted octanol–water partition coefficient (Wildman–Crippen LogP) is 3.44. The van der Waals surface area contributed by atoms with Gasteiger partial charge in [-0.3, -0.25) is 9.59 Å². The Morgan fingerprint density at radius 3 is 2.42 bits per heavy atom. The van der Waals surface area contributed by atoms with E-state index in [2.05, 4.69) is 10.6 Å². The first-order chi connectivity index (χ1) is 11.5. The van der Waals surface area contributed by atoms with Crippen LogP contribution in [0, 0.1) is 5.82 Å². The maximum atomic E-state index is 12.8. The van der Waals surface area contributed by atoms with Gasteiger partial charge in [-0.15, -0.1) is 0 Å². The molecule has 0 saturated heterocycles. The number of rotatable bonds is 5. The first-order valence-electron chi connectivity index (χ1n) is 7.18. The molecule has 2 rings (SSSR count). The van der Waals surface area contributed by atoms with Crippen molar-refractivity contribution in [2.75, 3.05) is 17.7 Å². The Bertz CT molecular complexity index is 770. The number of halogens is 1. The number of ether oxygens (including phenoxy) is 1. The van der Waals surface area contributed by atoms with Crippen molar-refractivity contribution in [2.24, 2.45) is 0 Å². The lowest BCUT2D eigenvalue weighted by molar-refractivity contribution is -0.114. The smallest absolute Gasteiger partial charge is 0.248 e. The highest BCUT2D eigenvalue weighted by Crippen LogP contribution is 2.27. The largest absolute Gasteiger partial charge is 0.495 e. The molecule has 0 radical (unpaired) electrons. The molecule has 24 heavy (non-hydrogen) atoms. The zero-order chi connectivity index (χ0) is 17.5. The lowest BCUT2D eigenvalue weighted by Crippen LogP contribution is -2.10. The van der Waals surface area contributed by atoms with Gasteiger partial charge in [0.15, 0.2) is 0 Å². The molecule has 0 bridgehead atoms. The second-order valence-corrected chi connectivity index (χ2v) is 4.97. The molecule has 2 N–H and O–H groups in total. The van der Waals surface area contributed by atoms with Gasteiger partial charge in [-0.2, -0.15) is 0 Å². The van der Waals surface area contributed by atoms with Crippen molar-refractivity contribution >= 4 is 29.3 Å². The molecule has 0 aliphatic rings. The highest BCUT2D eigenvalue weighted by atomic mass is 19.1. The molecule has 0 aromatic heterocycles. The Morgan fingerprint density at radius 1 is 1.08 bits per heavy atom. The van der Waals surface area contributed by atoms with E-state index in [0.717, 1.165) is 0 Å². The molecule has 0 unspecified atom stereocenters. The van der Waals surface area contributed by atoms with Crippen LogP contribution in [0.25, 0.3) is 6.08 Å². The van der Waals surface area contributed by atoms with Crippen LogP contribution in [0.5, 0.6) is 5.75 Å².